The molecule has 0 unspecified atom stereocenters. The standard InChI is InChI=1S/C13H19NO2S/c1-10-6-12(17-9-10)13(15)14-5-3-4-11(7-14)8-16-2/h6,9,11H,3-5,7-8H2,1-2H3/t11-/m1/s1. The van der Waals surface area contributed by atoms with Gasteiger partial charge in [0.2, 0.25) is 0 Å². The Morgan fingerprint density at radius 1 is 1.65 bits per heavy atom. The molecule has 0 aliphatic carbocycles. The smallest absolute Gasteiger partial charge is 0.263 e. The maximum Gasteiger partial charge on any atom is 0.263 e. The molecule has 4 heteroatoms. The fourth-order valence-electron chi connectivity index (χ4n) is 2.32. The van der Waals surface area contributed by atoms with E-state index < -0.39 is 0 Å². The highest BCUT2D eigenvalue weighted by molar-refractivity contribution is 7.12. The summed E-state index contributed by atoms with van der Waals surface area (Å²) in [4.78, 5) is 15.1. The minimum atomic E-state index is 0.184. The van der Waals surface area contributed by atoms with Gasteiger partial charge in [0.25, 0.3) is 5.91 Å². The topological polar surface area (TPSA) is 29.5 Å². The van der Waals surface area contributed by atoms with Crippen LogP contribution in [0.5, 0.6) is 0 Å². The first-order valence-corrected chi connectivity index (χ1v) is 6.92. The summed E-state index contributed by atoms with van der Waals surface area (Å²) >= 11 is 1.54. The number of thiophene rings is 1. The monoisotopic (exact) mass is 253 g/mol. The van der Waals surface area contributed by atoms with Crippen LogP contribution in [0.1, 0.15) is 28.1 Å². The van der Waals surface area contributed by atoms with Gasteiger partial charge in [0.15, 0.2) is 0 Å². The highest BCUT2D eigenvalue weighted by Crippen LogP contribution is 2.21. The number of nitrogens with zero attached hydrogens (tertiary/aromatic N) is 1. The van der Waals surface area contributed by atoms with Crippen LogP contribution in [-0.2, 0) is 4.74 Å². The van der Waals surface area contributed by atoms with Crippen molar-refractivity contribution in [3.63, 3.8) is 0 Å². The van der Waals surface area contributed by atoms with Crippen LogP contribution in [0.4, 0.5) is 0 Å². The average Bonchev–Trinajstić information content (AvgIpc) is 2.76. The Morgan fingerprint density at radius 2 is 2.47 bits per heavy atom. The van der Waals surface area contributed by atoms with Gasteiger partial charge in [-0.05, 0) is 42.7 Å². The van der Waals surface area contributed by atoms with Crippen LogP contribution >= 0.6 is 11.3 Å². The van der Waals surface area contributed by atoms with Crippen LogP contribution in [0.15, 0.2) is 11.4 Å². The number of carbonyl (C=O) groups is 1. The van der Waals surface area contributed by atoms with Crippen LogP contribution in [-0.4, -0.2) is 37.6 Å². The van der Waals surface area contributed by atoms with Crippen molar-refractivity contribution < 1.29 is 9.53 Å². The highest BCUT2D eigenvalue weighted by Gasteiger charge is 2.24. The van der Waals surface area contributed by atoms with Crippen molar-refractivity contribution >= 4 is 17.2 Å². The van der Waals surface area contributed by atoms with Gasteiger partial charge in [0.05, 0.1) is 11.5 Å². The lowest BCUT2D eigenvalue weighted by molar-refractivity contribution is 0.0575. The van der Waals surface area contributed by atoms with Gasteiger partial charge in [-0.25, -0.2) is 0 Å². The van der Waals surface area contributed by atoms with Gasteiger partial charge in [-0.3, -0.25) is 4.79 Å². The van der Waals surface area contributed by atoms with E-state index >= 15 is 0 Å². The average molecular weight is 253 g/mol. The Bertz CT molecular complexity index is 387. The molecule has 0 bridgehead atoms. The summed E-state index contributed by atoms with van der Waals surface area (Å²) < 4.78 is 5.18. The molecule has 94 valence electrons. The van der Waals surface area contributed by atoms with Crippen molar-refractivity contribution in [2.75, 3.05) is 26.8 Å². The van der Waals surface area contributed by atoms with Crippen molar-refractivity contribution in [2.24, 2.45) is 5.92 Å². The molecule has 1 amide bonds. The van der Waals surface area contributed by atoms with Crippen LogP contribution in [0.2, 0.25) is 0 Å². The summed E-state index contributed by atoms with van der Waals surface area (Å²) in [6.07, 6.45) is 2.26. The minimum absolute atomic E-state index is 0.184. The van der Waals surface area contributed by atoms with Gasteiger partial charge < -0.3 is 9.64 Å². The first kappa shape index (κ1) is 12.6. The summed E-state index contributed by atoms with van der Waals surface area (Å²) in [6, 6.07) is 1.98. The predicted octanol–water partition coefficient (Wildman–Crippen LogP) is 2.56. The zero-order valence-electron chi connectivity index (χ0n) is 10.4. The third-order valence-corrected chi connectivity index (χ3v) is 4.19. The predicted molar refractivity (Wildman–Crippen MR) is 69.6 cm³/mol. The third kappa shape index (κ3) is 3.07. The van der Waals surface area contributed by atoms with Gasteiger partial charge in [-0.15, -0.1) is 11.3 Å². The Kier molecular flexibility index (Phi) is 4.18. The molecule has 17 heavy (non-hydrogen) atoms. The molecule has 2 rings (SSSR count). The SMILES string of the molecule is COC[C@@H]1CCCN(C(=O)c2cc(C)cs2)C1. The lowest BCUT2D eigenvalue weighted by Gasteiger charge is -2.32. The first-order chi connectivity index (χ1) is 8.20. The molecule has 0 saturated carbocycles. The minimum Gasteiger partial charge on any atom is -0.384 e. The Labute approximate surface area is 106 Å². The second-order valence-electron chi connectivity index (χ2n) is 4.70. The molecule has 1 aromatic rings. The summed E-state index contributed by atoms with van der Waals surface area (Å²) in [5, 5.41) is 2.03. The maximum atomic E-state index is 12.3. The quantitative estimate of drug-likeness (QED) is 0.828. The molecule has 0 aromatic carbocycles. The summed E-state index contributed by atoms with van der Waals surface area (Å²) in [7, 11) is 1.73. The molecule has 3 nitrogen and oxygen atoms in total. The number of hydrogen-bond acceptors (Lipinski definition) is 3. The molecule has 1 fully saturated rings. The van der Waals surface area contributed by atoms with Gasteiger partial charge in [-0.2, -0.15) is 0 Å². The fourth-order valence-corrected chi connectivity index (χ4v) is 3.19. The molecule has 1 aliphatic rings. The normalized spacial score (nSPS) is 20.6. The van der Waals surface area contributed by atoms with Crippen LogP contribution < -0.4 is 0 Å². The van der Waals surface area contributed by atoms with E-state index in [9.17, 15) is 4.79 Å². The van der Waals surface area contributed by atoms with Crippen molar-refractivity contribution in [3.05, 3.63) is 21.9 Å². The van der Waals surface area contributed by atoms with Crippen molar-refractivity contribution in [2.45, 2.75) is 19.8 Å². The van der Waals surface area contributed by atoms with Gasteiger partial charge in [0.1, 0.15) is 0 Å². The van der Waals surface area contributed by atoms with E-state index in [1.54, 1.807) is 18.4 Å². The van der Waals surface area contributed by atoms with E-state index in [4.69, 9.17) is 4.74 Å². The number of hydrogen-bond donors (Lipinski definition) is 0. The Balaban J connectivity index is 1.99. The number of aryl methyl sites for hydroxylation is 1. The van der Waals surface area contributed by atoms with Gasteiger partial charge >= 0.3 is 0 Å². The van der Waals surface area contributed by atoms with Gasteiger partial charge in [0, 0.05) is 20.2 Å². The van der Waals surface area contributed by atoms with Crippen LogP contribution in [0.3, 0.4) is 0 Å². The number of methoxy groups -OCH3 is 1. The second kappa shape index (κ2) is 5.65. The molecule has 1 aliphatic heterocycles. The van der Waals surface area contributed by atoms with Crippen LogP contribution in [0.25, 0.3) is 0 Å². The number of likely N-dealkylation sites (tertiary alicyclic amines) is 1. The zero-order valence-corrected chi connectivity index (χ0v) is 11.3. The molecule has 0 N–H and O–H groups in total. The number of carbonyl (C=O) groups excluding carboxylic acids is 1. The molecular weight excluding hydrogens is 234 g/mol. The lowest BCUT2D eigenvalue weighted by Crippen LogP contribution is -2.40. The molecular formula is C13H19NO2S. The van der Waals surface area contributed by atoms with Crippen molar-refractivity contribution in [3.8, 4) is 0 Å². The molecule has 1 saturated heterocycles. The largest absolute Gasteiger partial charge is 0.384 e. The van der Waals surface area contributed by atoms with E-state index in [1.807, 2.05) is 23.3 Å². The lowest BCUT2D eigenvalue weighted by atomic mass is 9.99. The summed E-state index contributed by atoms with van der Waals surface area (Å²) in [6.45, 7) is 4.50. The number of ether oxygens (including phenoxy) is 1. The van der Waals surface area contributed by atoms with E-state index in [2.05, 4.69) is 0 Å². The van der Waals surface area contributed by atoms with E-state index in [-0.39, 0.29) is 5.91 Å². The molecule has 1 aromatic heterocycles. The van der Waals surface area contributed by atoms with E-state index in [0.29, 0.717) is 5.92 Å². The Morgan fingerprint density at radius 3 is 3.12 bits per heavy atom. The van der Waals surface area contributed by atoms with Crippen molar-refractivity contribution in [1.29, 1.82) is 0 Å². The van der Waals surface area contributed by atoms with E-state index in [1.165, 1.54) is 12.0 Å². The maximum absolute atomic E-state index is 12.3. The zero-order chi connectivity index (χ0) is 12.3. The summed E-state index contributed by atoms with van der Waals surface area (Å²) in [5.41, 5.74) is 1.17. The number of piperidine rings is 1. The third-order valence-electron chi connectivity index (χ3n) is 3.15. The first-order valence-electron chi connectivity index (χ1n) is 6.04. The molecule has 2 heterocycles. The van der Waals surface area contributed by atoms with E-state index in [0.717, 1.165) is 31.0 Å². The highest BCUT2D eigenvalue weighted by atomic mass is 32.1. The van der Waals surface area contributed by atoms with Crippen molar-refractivity contribution in [1.82, 2.24) is 4.90 Å². The molecule has 0 spiro atoms. The second-order valence-corrected chi connectivity index (χ2v) is 5.61. The van der Waals surface area contributed by atoms with Crippen LogP contribution in [0, 0.1) is 12.8 Å². The molecule has 1 atom stereocenters. The number of rotatable bonds is 3. The summed E-state index contributed by atoms with van der Waals surface area (Å²) in [5.74, 6) is 0.683. The molecule has 0 radical (unpaired) electrons. The van der Waals surface area contributed by atoms with Gasteiger partial charge in [-0.1, -0.05) is 0 Å². The number of amides is 1. The Hall–Kier alpha value is -0.870. The fraction of sp³-hybridized carbons (Fsp3) is 0.615.